The van der Waals surface area contributed by atoms with Gasteiger partial charge in [0.25, 0.3) is 0 Å². The molecular formula is C15H20N2O3. The molecule has 20 heavy (non-hydrogen) atoms. The molecule has 0 heterocycles. The smallest absolute Gasteiger partial charge is 0.321 e. The highest BCUT2D eigenvalue weighted by Gasteiger charge is 2.31. The van der Waals surface area contributed by atoms with Crippen LogP contribution in [0.1, 0.15) is 24.8 Å². The van der Waals surface area contributed by atoms with Crippen molar-refractivity contribution in [2.24, 2.45) is 5.92 Å². The summed E-state index contributed by atoms with van der Waals surface area (Å²) in [5.41, 5.74) is 1.96. The van der Waals surface area contributed by atoms with E-state index >= 15 is 0 Å². The fourth-order valence-electron chi connectivity index (χ4n) is 2.49. The molecule has 5 nitrogen and oxygen atoms in total. The molecule has 1 fully saturated rings. The first-order valence-electron chi connectivity index (χ1n) is 6.81. The number of carboxylic acid groups (broad SMARTS) is 1. The number of carbonyl (C=O) groups is 2. The van der Waals surface area contributed by atoms with Crippen LogP contribution in [0.25, 0.3) is 0 Å². The Labute approximate surface area is 118 Å². The molecule has 0 radical (unpaired) electrons. The number of benzene rings is 1. The van der Waals surface area contributed by atoms with E-state index in [1.807, 2.05) is 31.2 Å². The predicted molar refractivity (Wildman–Crippen MR) is 76.9 cm³/mol. The first kappa shape index (κ1) is 14.4. The predicted octanol–water partition coefficient (Wildman–Crippen LogP) is 2.39. The third kappa shape index (κ3) is 3.29. The van der Waals surface area contributed by atoms with Gasteiger partial charge in [-0.3, -0.25) is 9.69 Å². The molecule has 1 aliphatic rings. The van der Waals surface area contributed by atoms with Gasteiger partial charge in [-0.1, -0.05) is 17.7 Å². The Bertz CT molecular complexity index is 498. The molecular weight excluding hydrogens is 256 g/mol. The minimum Gasteiger partial charge on any atom is -0.481 e. The summed E-state index contributed by atoms with van der Waals surface area (Å²) in [6.45, 7) is 1.99. The maximum atomic E-state index is 12.1. The number of hydrogen-bond donors (Lipinski definition) is 2. The van der Waals surface area contributed by atoms with E-state index in [-0.39, 0.29) is 18.0 Å². The number of hydrogen-bond acceptors (Lipinski definition) is 2. The molecule has 108 valence electrons. The zero-order chi connectivity index (χ0) is 14.7. The summed E-state index contributed by atoms with van der Waals surface area (Å²) in [6.07, 6.45) is 1.88. The van der Waals surface area contributed by atoms with Crippen LogP contribution in [-0.2, 0) is 4.79 Å². The second-order valence-electron chi connectivity index (χ2n) is 5.39. The summed E-state index contributed by atoms with van der Waals surface area (Å²) in [5, 5.41) is 11.9. The van der Waals surface area contributed by atoms with Gasteiger partial charge in [0.2, 0.25) is 0 Å². The van der Waals surface area contributed by atoms with Crippen LogP contribution in [0.15, 0.2) is 24.3 Å². The molecule has 1 aromatic rings. The molecule has 2 unspecified atom stereocenters. The topological polar surface area (TPSA) is 69.6 Å². The number of aryl methyl sites for hydroxylation is 1. The Balaban J connectivity index is 1.92. The summed E-state index contributed by atoms with van der Waals surface area (Å²) in [6, 6.07) is 7.46. The molecule has 1 aromatic carbocycles. The van der Waals surface area contributed by atoms with Gasteiger partial charge in [-0.2, -0.15) is 0 Å². The van der Waals surface area contributed by atoms with Crippen LogP contribution < -0.4 is 10.2 Å². The monoisotopic (exact) mass is 276 g/mol. The maximum Gasteiger partial charge on any atom is 0.321 e. The van der Waals surface area contributed by atoms with Crippen molar-refractivity contribution in [3.05, 3.63) is 29.8 Å². The van der Waals surface area contributed by atoms with Gasteiger partial charge in [-0.05, 0) is 38.3 Å². The highest BCUT2D eigenvalue weighted by Crippen LogP contribution is 2.26. The summed E-state index contributed by atoms with van der Waals surface area (Å²) in [7, 11) is 1.71. The number of anilines is 1. The standard InChI is InChI=1S/C15H20N2O3/c1-10-3-7-13(8-4-10)17(2)15(20)16-12-6-5-11(9-12)14(18)19/h3-4,7-8,11-12H,5-6,9H2,1-2H3,(H,16,20)(H,18,19). The number of nitrogens with zero attached hydrogens (tertiary/aromatic N) is 1. The molecule has 2 amide bonds. The number of carboxylic acids is 1. The second kappa shape index (κ2) is 5.94. The third-order valence-electron chi connectivity index (χ3n) is 3.84. The average Bonchev–Trinajstić information content (AvgIpc) is 2.87. The van der Waals surface area contributed by atoms with Crippen LogP contribution in [0.3, 0.4) is 0 Å². The molecule has 1 saturated carbocycles. The molecule has 0 spiro atoms. The summed E-state index contributed by atoms with van der Waals surface area (Å²) >= 11 is 0. The summed E-state index contributed by atoms with van der Waals surface area (Å²) in [5.74, 6) is -1.10. The van der Waals surface area contributed by atoms with Crippen molar-refractivity contribution in [3.8, 4) is 0 Å². The lowest BCUT2D eigenvalue weighted by Gasteiger charge is -2.21. The molecule has 0 aromatic heterocycles. The molecule has 1 aliphatic carbocycles. The van der Waals surface area contributed by atoms with Crippen molar-refractivity contribution in [3.63, 3.8) is 0 Å². The number of nitrogens with one attached hydrogen (secondary N) is 1. The van der Waals surface area contributed by atoms with E-state index < -0.39 is 5.97 Å². The van der Waals surface area contributed by atoms with E-state index in [1.165, 1.54) is 0 Å². The Morgan fingerprint density at radius 3 is 2.45 bits per heavy atom. The molecule has 0 aliphatic heterocycles. The van der Waals surface area contributed by atoms with Gasteiger partial charge in [0.15, 0.2) is 0 Å². The van der Waals surface area contributed by atoms with Crippen molar-refractivity contribution in [2.75, 3.05) is 11.9 Å². The lowest BCUT2D eigenvalue weighted by Crippen LogP contribution is -2.42. The Hall–Kier alpha value is -2.04. The lowest BCUT2D eigenvalue weighted by atomic mass is 10.1. The zero-order valence-electron chi connectivity index (χ0n) is 11.8. The minimum absolute atomic E-state index is 0.0449. The highest BCUT2D eigenvalue weighted by atomic mass is 16.4. The normalized spacial score (nSPS) is 21.5. The Morgan fingerprint density at radius 2 is 1.90 bits per heavy atom. The number of aliphatic carboxylic acids is 1. The van der Waals surface area contributed by atoms with Crippen LogP contribution >= 0.6 is 0 Å². The molecule has 5 heteroatoms. The van der Waals surface area contributed by atoms with Gasteiger partial charge in [-0.15, -0.1) is 0 Å². The van der Waals surface area contributed by atoms with E-state index in [2.05, 4.69) is 5.32 Å². The molecule has 0 saturated heterocycles. The molecule has 2 N–H and O–H groups in total. The van der Waals surface area contributed by atoms with Crippen molar-refractivity contribution < 1.29 is 14.7 Å². The van der Waals surface area contributed by atoms with Gasteiger partial charge < -0.3 is 10.4 Å². The third-order valence-corrected chi connectivity index (χ3v) is 3.84. The second-order valence-corrected chi connectivity index (χ2v) is 5.39. The fourth-order valence-corrected chi connectivity index (χ4v) is 2.49. The number of carbonyl (C=O) groups excluding carboxylic acids is 1. The van der Waals surface area contributed by atoms with Gasteiger partial charge in [-0.25, -0.2) is 4.79 Å². The van der Waals surface area contributed by atoms with Crippen molar-refractivity contribution >= 4 is 17.7 Å². The maximum absolute atomic E-state index is 12.1. The first-order chi connectivity index (χ1) is 9.47. The van der Waals surface area contributed by atoms with E-state index in [4.69, 9.17) is 5.11 Å². The average molecular weight is 276 g/mol. The fraction of sp³-hybridized carbons (Fsp3) is 0.467. The first-order valence-corrected chi connectivity index (χ1v) is 6.81. The molecule has 0 bridgehead atoms. The van der Waals surface area contributed by atoms with Crippen LogP contribution in [-0.4, -0.2) is 30.2 Å². The van der Waals surface area contributed by atoms with Crippen LogP contribution in [0.4, 0.5) is 10.5 Å². The van der Waals surface area contributed by atoms with Crippen LogP contribution in [0, 0.1) is 12.8 Å². The van der Waals surface area contributed by atoms with Crippen LogP contribution in [0.5, 0.6) is 0 Å². The summed E-state index contributed by atoms with van der Waals surface area (Å²) in [4.78, 5) is 24.6. The van der Waals surface area contributed by atoms with Crippen LogP contribution in [0.2, 0.25) is 0 Å². The summed E-state index contributed by atoms with van der Waals surface area (Å²) < 4.78 is 0. The SMILES string of the molecule is Cc1ccc(N(C)C(=O)NC2CCC(C(=O)O)C2)cc1. The van der Waals surface area contributed by atoms with Gasteiger partial charge in [0.05, 0.1) is 5.92 Å². The number of urea groups is 1. The van der Waals surface area contributed by atoms with Crippen molar-refractivity contribution in [2.45, 2.75) is 32.2 Å². The van der Waals surface area contributed by atoms with Gasteiger partial charge in [0.1, 0.15) is 0 Å². The zero-order valence-corrected chi connectivity index (χ0v) is 11.8. The molecule has 2 atom stereocenters. The van der Waals surface area contributed by atoms with E-state index in [0.29, 0.717) is 12.8 Å². The Kier molecular flexibility index (Phi) is 4.27. The van der Waals surface area contributed by atoms with E-state index in [9.17, 15) is 9.59 Å². The number of amides is 2. The Morgan fingerprint density at radius 1 is 1.25 bits per heavy atom. The van der Waals surface area contributed by atoms with Gasteiger partial charge in [0, 0.05) is 18.8 Å². The lowest BCUT2D eigenvalue weighted by molar-refractivity contribution is -0.141. The highest BCUT2D eigenvalue weighted by molar-refractivity contribution is 5.91. The van der Waals surface area contributed by atoms with E-state index in [0.717, 1.165) is 17.7 Å². The minimum atomic E-state index is -0.770. The number of rotatable bonds is 3. The van der Waals surface area contributed by atoms with E-state index in [1.54, 1.807) is 11.9 Å². The largest absolute Gasteiger partial charge is 0.481 e. The molecule has 2 rings (SSSR count). The van der Waals surface area contributed by atoms with Gasteiger partial charge >= 0.3 is 12.0 Å². The quantitative estimate of drug-likeness (QED) is 0.890. The van der Waals surface area contributed by atoms with Crippen molar-refractivity contribution in [1.29, 1.82) is 0 Å². The van der Waals surface area contributed by atoms with Crippen molar-refractivity contribution in [1.82, 2.24) is 5.32 Å².